The fourth-order valence-corrected chi connectivity index (χ4v) is 2.83. The van der Waals surface area contributed by atoms with Crippen LogP contribution >= 0.6 is 11.6 Å². The van der Waals surface area contributed by atoms with Gasteiger partial charge in [-0.3, -0.25) is 0 Å². The topological polar surface area (TPSA) is 53.6 Å². The molecule has 0 amide bonds. The van der Waals surface area contributed by atoms with E-state index in [2.05, 4.69) is 42.4 Å². The van der Waals surface area contributed by atoms with Crippen molar-refractivity contribution in [2.75, 3.05) is 23.9 Å². The van der Waals surface area contributed by atoms with Crippen LogP contribution in [0.25, 0.3) is 0 Å². The maximum atomic E-state index is 6.27. The van der Waals surface area contributed by atoms with E-state index in [1.165, 1.54) is 11.1 Å². The lowest BCUT2D eigenvalue weighted by atomic mass is 10.1. The summed E-state index contributed by atoms with van der Waals surface area (Å²) in [5, 5.41) is 3.94. The molecule has 2 aromatic carbocycles. The molecule has 2 rings (SSSR count). The molecule has 0 saturated carbocycles. The van der Waals surface area contributed by atoms with Crippen LogP contribution in [0.3, 0.4) is 0 Å². The molecule has 0 aliphatic rings. The molecule has 4 nitrogen and oxygen atoms in total. The molecule has 0 atom stereocenters. The number of para-hydroxylation sites is 1. The highest BCUT2D eigenvalue weighted by Crippen LogP contribution is 2.28. The summed E-state index contributed by atoms with van der Waals surface area (Å²) < 4.78 is 0. The van der Waals surface area contributed by atoms with Crippen molar-refractivity contribution < 1.29 is 0 Å². The molecule has 23 heavy (non-hydrogen) atoms. The first-order chi connectivity index (χ1) is 10.9. The number of aliphatic imine (C=N–C) groups is 1. The molecule has 0 radical (unpaired) electrons. The summed E-state index contributed by atoms with van der Waals surface area (Å²) in [5.74, 6) is 0.415. The Bertz CT molecular complexity index is 705. The molecule has 0 aromatic heterocycles. The van der Waals surface area contributed by atoms with Crippen LogP contribution in [-0.2, 0) is 0 Å². The lowest BCUT2D eigenvalue weighted by Gasteiger charge is -2.21. The fourth-order valence-electron chi connectivity index (χ4n) is 2.49. The van der Waals surface area contributed by atoms with Crippen molar-refractivity contribution >= 4 is 28.9 Å². The highest BCUT2D eigenvalue weighted by atomic mass is 35.5. The second-order valence-corrected chi connectivity index (χ2v) is 6.04. The van der Waals surface area contributed by atoms with Crippen molar-refractivity contribution in [1.29, 1.82) is 0 Å². The van der Waals surface area contributed by atoms with E-state index < -0.39 is 0 Å². The van der Waals surface area contributed by atoms with Crippen LogP contribution in [0, 0.1) is 20.8 Å². The zero-order valence-corrected chi connectivity index (χ0v) is 14.8. The van der Waals surface area contributed by atoms with Crippen molar-refractivity contribution in [3.8, 4) is 0 Å². The average molecular weight is 331 g/mol. The second kappa shape index (κ2) is 7.38. The van der Waals surface area contributed by atoms with Crippen LogP contribution in [0.4, 0.5) is 11.4 Å². The molecule has 0 bridgehead atoms. The third-order valence-corrected chi connectivity index (χ3v) is 4.07. The molecule has 2 aromatic rings. The highest BCUT2D eigenvalue weighted by Gasteiger charge is 2.11. The molecule has 3 N–H and O–H groups in total. The number of aryl methyl sites for hydroxylation is 3. The van der Waals surface area contributed by atoms with E-state index in [1.54, 1.807) is 4.90 Å². The minimum Gasteiger partial charge on any atom is -0.369 e. The van der Waals surface area contributed by atoms with E-state index in [0.717, 1.165) is 16.9 Å². The number of hydrogen-bond donors (Lipinski definition) is 2. The molecule has 0 aliphatic heterocycles. The third kappa shape index (κ3) is 4.17. The molecular formula is C18H23ClN4. The first kappa shape index (κ1) is 17.2. The Labute approximate surface area is 143 Å². The standard InChI is InChI=1S/C18H23ClN4/c1-12-8-9-16(14(3)10-12)21-11-22-18(20)23(4)17-13(2)6-5-7-15(17)19/h5-10,21H,11H2,1-4H3,(H2,20,22). The predicted molar refractivity (Wildman–Crippen MR) is 101 cm³/mol. The van der Waals surface area contributed by atoms with E-state index >= 15 is 0 Å². The van der Waals surface area contributed by atoms with Crippen LogP contribution in [-0.4, -0.2) is 19.7 Å². The summed E-state index contributed by atoms with van der Waals surface area (Å²) in [6.07, 6.45) is 0. The summed E-state index contributed by atoms with van der Waals surface area (Å²) in [6, 6.07) is 12.0. The third-order valence-electron chi connectivity index (χ3n) is 3.76. The van der Waals surface area contributed by atoms with Gasteiger partial charge >= 0.3 is 0 Å². The number of guanidine groups is 1. The monoisotopic (exact) mass is 330 g/mol. The Morgan fingerprint density at radius 1 is 1.17 bits per heavy atom. The summed E-state index contributed by atoms with van der Waals surface area (Å²) >= 11 is 6.27. The van der Waals surface area contributed by atoms with Crippen molar-refractivity contribution in [2.24, 2.45) is 10.7 Å². The number of rotatable bonds is 4. The van der Waals surface area contributed by atoms with Gasteiger partial charge in [0, 0.05) is 12.7 Å². The number of halogens is 1. The van der Waals surface area contributed by atoms with E-state index in [1.807, 2.05) is 32.2 Å². The minimum absolute atomic E-state index is 0.406. The number of nitrogens with zero attached hydrogens (tertiary/aromatic N) is 2. The largest absolute Gasteiger partial charge is 0.369 e. The number of nitrogens with two attached hydrogens (primary N) is 1. The van der Waals surface area contributed by atoms with Gasteiger partial charge in [-0.25, -0.2) is 4.99 Å². The number of anilines is 2. The molecule has 0 spiro atoms. The Hall–Kier alpha value is -2.20. The van der Waals surface area contributed by atoms with Crippen LogP contribution in [0.1, 0.15) is 16.7 Å². The molecule has 0 aliphatic carbocycles. The van der Waals surface area contributed by atoms with Crippen molar-refractivity contribution in [2.45, 2.75) is 20.8 Å². The number of hydrogen-bond acceptors (Lipinski definition) is 2. The molecule has 0 heterocycles. The zero-order chi connectivity index (χ0) is 17.0. The van der Waals surface area contributed by atoms with E-state index in [9.17, 15) is 0 Å². The van der Waals surface area contributed by atoms with Gasteiger partial charge in [0.2, 0.25) is 0 Å². The molecule has 122 valence electrons. The van der Waals surface area contributed by atoms with Gasteiger partial charge < -0.3 is 16.0 Å². The lowest BCUT2D eigenvalue weighted by Crippen LogP contribution is -2.35. The van der Waals surface area contributed by atoms with Crippen LogP contribution < -0.4 is 16.0 Å². The maximum Gasteiger partial charge on any atom is 0.197 e. The molecule has 0 saturated heterocycles. The Kier molecular flexibility index (Phi) is 5.50. The smallest absolute Gasteiger partial charge is 0.197 e. The molecule has 0 unspecified atom stereocenters. The van der Waals surface area contributed by atoms with Gasteiger partial charge in [0.05, 0.1) is 10.7 Å². The van der Waals surface area contributed by atoms with Gasteiger partial charge in [-0.2, -0.15) is 0 Å². The lowest BCUT2D eigenvalue weighted by molar-refractivity contribution is 1.08. The van der Waals surface area contributed by atoms with Gasteiger partial charge in [-0.05, 0) is 44.0 Å². The Morgan fingerprint density at radius 3 is 2.57 bits per heavy atom. The summed E-state index contributed by atoms with van der Waals surface area (Å²) in [5.41, 5.74) is 11.5. The first-order valence-corrected chi connectivity index (χ1v) is 7.88. The van der Waals surface area contributed by atoms with E-state index in [0.29, 0.717) is 17.7 Å². The minimum atomic E-state index is 0.406. The maximum absolute atomic E-state index is 6.27. The molecule has 5 heteroatoms. The van der Waals surface area contributed by atoms with Gasteiger partial charge in [-0.1, -0.05) is 41.4 Å². The van der Waals surface area contributed by atoms with Gasteiger partial charge in [0.15, 0.2) is 5.96 Å². The summed E-state index contributed by atoms with van der Waals surface area (Å²) in [6.45, 7) is 6.55. The summed E-state index contributed by atoms with van der Waals surface area (Å²) in [7, 11) is 1.87. The van der Waals surface area contributed by atoms with Crippen LogP contribution in [0.5, 0.6) is 0 Å². The fraction of sp³-hybridized carbons (Fsp3) is 0.278. The van der Waals surface area contributed by atoms with Crippen molar-refractivity contribution in [1.82, 2.24) is 0 Å². The number of benzene rings is 2. The van der Waals surface area contributed by atoms with Crippen LogP contribution in [0.15, 0.2) is 41.4 Å². The van der Waals surface area contributed by atoms with E-state index in [-0.39, 0.29) is 0 Å². The predicted octanol–water partition coefficient (Wildman–Crippen LogP) is 4.09. The second-order valence-electron chi connectivity index (χ2n) is 5.63. The normalized spacial score (nSPS) is 11.4. The zero-order valence-electron chi connectivity index (χ0n) is 14.0. The number of nitrogens with one attached hydrogen (secondary N) is 1. The summed E-state index contributed by atoms with van der Waals surface area (Å²) in [4.78, 5) is 6.20. The first-order valence-electron chi connectivity index (χ1n) is 7.50. The average Bonchev–Trinajstić information content (AvgIpc) is 2.49. The van der Waals surface area contributed by atoms with Gasteiger partial charge in [-0.15, -0.1) is 0 Å². The molecule has 0 fully saturated rings. The van der Waals surface area contributed by atoms with Gasteiger partial charge in [0.1, 0.15) is 6.67 Å². The van der Waals surface area contributed by atoms with Crippen molar-refractivity contribution in [3.05, 3.63) is 58.1 Å². The van der Waals surface area contributed by atoms with E-state index in [4.69, 9.17) is 17.3 Å². The van der Waals surface area contributed by atoms with Gasteiger partial charge in [0.25, 0.3) is 0 Å². The SMILES string of the molecule is Cc1ccc(NCN=C(N)N(C)c2c(C)cccc2Cl)c(C)c1. The highest BCUT2D eigenvalue weighted by molar-refractivity contribution is 6.34. The van der Waals surface area contributed by atoms with Crippen molar-refractivity contribution in [3.63, 3.8) is 0 Å². The molecular weight excluding hydrogens is 308 g/mol. The Balaban J connectivity index is 2.07. The Morgan fingerprint density at radius 2 is 1.91 bits per heavy atom. The van der Waals surface area contributed by atoms with Crippen LogP contribution in [0.2, 0.25) is 5.02 Å². The quantitative estimate of drug-likeness (QED) is 0.656.